The van der Waals surface area contributed by atoms with E-state index in [1.165, 1.54) is 16.2 Å². The van der Waals surface area contributed by atoms with Gasteiger partial charge in [0.05, 0.1) is 0 Å². The molecule has 18 heavy (non-hydrogen) atoms. The molecule has 0 fully saturated rings. The second-order valence-corrected chi connectivity index (χ2v) is 6.84. The summed E-state index contributed by atoms with van der Waals surface area (Å²) < 4.78 is 1.07. The third-order valence-electron chi connectivity index (χ3n) is 2.45. The first-order valence-corrected chi connectivity index (χ1v) is 7.87. The van der Waals surface area contributed by atoms with Crippen molar-refractivity contribution in [3.63, 3.8) is 0 Å². The fraction of sp³-hybridized carbons (Fsp3) is 0.154. The van der Waals surface area contributed by atoms with E-state index in [0.717, 1.165) is 20.7 Å². The summed E-state index contributed by atoms with van der Waals surface area (Å²) in [6, 6.07) is 9.80. The molecule has 2 aromatic rings. The Hall–Kier alpha value is -0.780. The average Bonchev–Trinajstić information content (AvgIpc) is 2.70. The van der Waals surface area contributed by atoms with E-state index in [1.807, 2.05) is 25.1 Å². The smallest absolute Gasteiger partial charge is 0.345 e. The minimum atomic E-state index is -0.847. The van der Waals surface area contributed by atoms with E-state index < -0.39 is 5.97 Å². The predicted molar refractivity (Wildman–Crippen MR) is 79.7 cm³/mol. The van der Waals surface area contributed by atoms with Crippen LogP contribution in [0.4, 0.5) is 0 Å². The van der Waals surface area contributed by atoms with Gasteiger partial charge in [0, 0.05) is 20.0 Å². The van der Waals surface area contributed by atoms with Gasteiger partial charge in [-0.15, -0.1) is 23.1 Å². The Morgan fingerprint density at radius 3 is 2.78 bits per heavy atom. The summed E-state index contributed by atoms with van der Waals surface area (Å²) in [5, 5.41) is 8.95. The zero-order chi connectivity index (χ0) is 13.1. The molecule has 0 aliphatic rings. The quantitative estimate of drug-likeness (QED) is 0.810. The number of halogens is 1. The monoisotopic (exact) mass is 342 g/mol. The molecule has 0 saturated carbocycles. The molecule has 0 amide bonds. The summed E-state index contributed by atoms with van der Waals surface area (Å²) in [5.41, 5.74) is 1.10. The fourth-order valence-corrected chi connectivity index (χ4v) is 4.08. The molecule has 2 rings (SSSR count). The number of thiophene rings is 1. The maximum Gasteiger partial charge on any atom is 0.345 e. The van der Waals surface area contributed by atoms with Crippen molar-refractivity contribution >= 4 is 45.0 Å². The van der Waals surface area contributed by atoms with Crippen molar-refractivity contribution in [1.29, 1.82) is 0 Å². The second-order valence-electron chi connectivity index (χ2n) is 3.72. The number of hydrogen-bond acceptors (Lipinski definition) is 3. The Labute approximate surface area is 122 Å². The molecule has 94 valence electrons. The van der Waals surface area contributed by atoms with Crippen molar-refractivity contribution in [1.82, 2.24) is 0 Å². The molecule has 0 atom stereocenters. The molecule has 1 N–H and O–H groups in total. The lowest BCUT2D eigenvalue weighted by Crippen LogP contribution is -1.90. The predicted octanol–water partition coefficient (Wildman–Crippen LogP) is 4.81. The van der Waals surface area contributed by atoms with Crippen LogP contribution >= 0.6 is 39.0 Å². The average molecular weight is 343 g/mol. The normalized spacial score (nSPS) is 10.6. The van der Waals surface area contributed by atoms with Crippen molar-refractivity contribution in [3.8, 4) is 0 Å². The highest BCUT2D eigenvalue weighted by atomic mass is 79.9. The van der Waals surface area contributed by atoms with Crippen molar-refractivity contribution in [2.45, 2.75) is 17.6 Å². The highest BCUT2D eigenvalue weighted by molar-refractivity contribution is 9.10. The topological polar surface area (TPSA) is 37.3 Å². The van der Waals surface area contributed by atoms with Gasteiger partial charge in [-0.05, 0) is 46.6 Å². The molecule has 1 heterocycles. The van der Waals surface area contributed by atoms with E-state index in [1.54, 1.807) is 17.8 Å². The van der Waals surface area contributed by atoms with E-state index in [2.05, 4.69) is 22.0 Å². The molecular formula is C13H11BrO2S2. The maximum atomic E-state index is 10.9. The Bertz CT molecular complexity index is 578. The first kappa shape index (κ1) is 13.6. The van der Waals surface area contributed by atoms with Crippen molar-refractivity contribution < 1.29 is 9.90 Å². The van der Waals surface area contributed by atoms with Gasteiger partial charge < -0.3 is 5.11 Å². The van der Waals surface area contributed by atoms with Crippen LogP contribution < -0.4 is 0 Å². The summed E-state index contributed by atoms with van der Waals surface area (Å²) in [4.78, 5) is 13.5. The van der Waals surface area contributed by atoms with Crippen molar-refractivity contribution in [3.05, 3.63) is 50.1 Å². The molecule has 0 radical (unpaired) electrons. The standard InChI is InChI=1S/C13H11BrO2S2/c1-8-9(6-12(18-8)13(15)16)7-17-11-5-3-2-4-10(11)14/h2-6H,7H2,1H3,(H,15,16). The Kier molecular flexibility index (Phi) is 4.48. The maximum absolute atomic E-state index is 10.9. The van der Waals surface area contributed by atoms with Gasteiger partial charge in [-0.25, -0.2) is 4.79 Å². The third kappa shape index (κ3) is 3.16. The molecular weight excluding hydrogens is 332 g/mol. The van der Waals surface area contributed by atoms with E-state index in [-0.39, 0.29) is 0 Å². The van der Waals surface area contributed by atoms with Crippen molar-refractivity contribution in [2.24, 2.45) is 0 Å². The lowest BCUT2D eigenvalue weighted by Gasteiger charge is -2.03. The number of carboxylic acids is 1. The Morgan fingerprint density at radius 1 is 1.44 bits per heavy atom. The van der Waals surface area contributed by atoms with Gasteiger partial charge in [0.25, 0.3) is 0 Å². The molecule has 0 spiro atoms. The Balaban J connectivity index is 2.11. The number of aryl methyl sites for hydroxylation is 1. The van der Waals surface area contributed by atoms with Crippen LogP contribution in [0.1, 0.15) is 20.1 Å². The number of hydrogen-bond donors (Lipinski definition) is 1. The first-order valence-electron chi connectivity index (χ1n) is 5.28. The number of aromatic carboxylic acids is 1. The van der Waals surface area contributed by atoms with E-state index >= 15 is 0 Å². The molecule has 1 aromatic carbocycles. The third-order valence-corrected chi connectivity index (χ3v) is 5.61. The fourth-order valence-electron chi connectivity index (χ4n) is 1.49. The Morgan fingerprint density at radius 2 is 2.17 bits per heavy atom. The molecule has 5 heteroatoms. The van der Waals surface area contributed by atoms with Crippen LogP contribution in [0, 0.1) is 6.92 Å². The van der Waals surface area contributed by atoms with Gasteiger partial charge in [0.1, 0.15) is 4.88 Å². The van der Waals surface area contributed by atoms with Gasteiger partial charge >= 0.3 is 5.97 Å². The highest BCUT2D eigenvalue weighted by Gasteiger charge is 2.11. The van der Waals surface area contributed by atoms with Crippen LogP contribution in [0.15, 0.2) is 39.7 Å². The summed E-state index contributed by atoms with van der Waals surface area (Å²) in [6.07, 6.45) is 0. The van der Waals surface area contributed by atoms with Crippen LogP contribution in [0.25, 0.3) is 0 Å². The summed E-state index contributed by atoms with van der Waals surface area (Å²) in [7, 11) is 0. The number of rotatable bonds is 4. The van der Waals surface area contributed by atoms with Crippen LogP contribution in [-0.4, -0.2) is 11.1 Å². The summed E-state index contributed by atoms with van der Waals surface area (Å²) in [5.74, 6) is -0.0571. The zero-order valence-corrected chi connectivity index (χ0v) is 12.9. The van der Waals surface area contributed by atoms with E-state index in [9.17, 15) is 4.79 Å². The number of benzene rings is 1. The minimum absolute atomic E-state index is 0.412. The van der Waals surface area contributed by atoms with Gasteiger partial charge in [-0.3, -0.25) is 0 Å². The van der Waals surface area contributed by atoms with E-state index in [0.29, 0.717) is 4.88 Å². The molecule has 1 aromatic heterocycles. The molecule has 0 saturated heterocycles. The summed E-state index contributed by atoms with van der Waals surface area (Å²) >= 11 is 6.55. The minimum Gasteiger partial charge on any atom is -0.477 e. The zero-order valence-electron chi connectivity index (χ0n) is 9.64. The van der Waals surface area contributed by atoms with Gasteiger partial charge in [0.2, 0.25) is 0 Å². The van der Waals surface area contributed by atoms with Crippen LogP contribution in [-0.2, 0) is 5.75 Å². The second kappa shape index (κ2) is 5.91. The molecule has 0 bridgehead atoms. The molecule has 0 aliphatic carbocycles. The van der Waals surface area contributed by atoms with Crippen LogP contribution in [0.2, 0.25) is 0 Å². The number of thioether (sulfide) groups is 1. The highest BCUT2D eigenvalue weighted by Crippen LogP contribution is 2.32. The number of carbonyl (C=O) groups is 1. The lowest BCUT2D eigenvalue weighted by molar-refractivity contribution is 0.0702. The first-order chi connectivity index (χ1) is 8.58. The SMILES string of the molecule is Cc1sc(C(=O)O)cc1CSc1ccccc1Br. The molecule has 2 nitrogen and oxygen atoms in total. The largest absolute Gasteiger partial charge is 0.477 e. The van der Waals surface area contributed by atoms with Crippen molar-refractivity contribution in [2.75, 3.05) is 0 Å². The molecule has 0 aliphatic heterocycles. The van der Waals surface area contributed by atoms with E-state index in [4.69, 9.17) is 5.11 Å². The lowest BCUT2D eigenvalue weighted by atomic mass is 10.3. The molecule has 0 unspecified atom stereocenters. The van der Waals surface area contributed by atoms with Crippen LogP contribution in [0.3, 0.4) is 0 Å². The van der Waals surface area contributed by atoms with Crippen LogP contribution in [0.5, 0.6) is 0 Å². The van der Waals surface area contributed by atoms with Gasteiger partial charge in [-0.1, -0.05) is 12.1 Å². The van der Waals surface area contributed by atoms with Gasteiger partial charge in [0.15, 0.2) is 0 Å². The number of carboxylic acid groups (broad SMARTS) is 1. The summed E-state index contributed by atoms with van der Waals surface area (Å²) in [6.45, 7) is 1.97. The van der Waals surface area contributed by atoms with Gasteiger partial charge in [-0.2, -0.15) is 0 Å².